The molecule has 0 amide bonds. The summed E-state index contributed by atoms with van der Waals surface area (Å²) in [7, 11) is 0. The SMILES string of the molecule is Cc1nc(N)cc(Nc2cc(F)c(Br)cc2C)n1. The van der Waals surface area contributed by atoms with Crippen molar-refractivity contribution < 1.29 is 4.39 Å². The zero-order chi connectivity index (χ0) is 13.3. The van der Waals surface area contributed by atoms with E-state index >= 15 is 0 Å². The topological polar surface area (TPSA) is 63.8 Å². The van der Waals surface area contributed by atoms with Crippen molar-refractivity contribution in [2.75, 3.05) is 11.1 Å². The molecular formula is C12H12BrFN4. The molecule has 2 rings (SSSR count). The molecule has 0 atom stereocenters. The van der Waals surface area contributed by atoms with Crippen molar-refractivity contribution in [1.82, 2.24) is 9.97 Å². The van der Waals surface area contributed by atoms with Crippen LogP contribution in [0.5, 0.6) is 0 Å². The summed E-state index contributed by atoms with van der Waals surface area (Å²) in [4.78, 5) is 8.16. The minimum atomic E-state index is -0.332. The molecule has 0 aliphatic heterocycles. The first-order chi connectivity index (χ1) is 8.45. The lowest BCUT2D eigenvalue weighted by atomic mass is 10.2. The Hall–Kier alpha value is -1.69. The molecule has 2 aromatic rings. The van der Waals surface area contributed by atoms with Gasteiger partial charge < -0.3 is 11.1 Å². The highest BCUT2D eigenvalue weighted by Crippen LogP contribution is 2.26. The number of hydrogen-bond acceptors (Lipinski definition) is 4. The van der Waals surface area contributed by atoms with Gasteiger partial charge in [0.1, 0.15) is 23.3 Å². The van der Waals surface area contributed by atoms with Gasteiger partial charge in [0.25, 0.3) is 0 Å². The van der Waals surface area contributed by atoms with Gasteiger partial charge in [0.2, 0.25) is 0 Å². The van der Waals surface area contributed by atoms with Gasteiger partial charge in [-0.15, -0.1) is 0 Å². The van der Waals surface area contributed by atoms with E-state index in [0.717, 1.165) is 5.56 Å². The number of nitrogen functional groups attached to an aromatic ring is 1. The zero-order valence-electron chi connectivity index (χ0n) is 9.96. The molecule has 0 spiro atoms. The molecule has 0 saturated carbocycles. The van der Waals surface area contributed by atoms with Gasteiger partial charge in [-0.2, -0.15) is 0 Å². The van der Waals surface area contributed by atoms with Crippen molar-refractivity contribution in [3.05, 3.63) is 39.9 Å². The van der Waals surface area contributed by atoms with Crippen LogP contribution in [0.2, 0.25) is 0 Å². The summed E-state index contributed by atoms with van der Waals surface area (Å²) in [6.45, 7) is 3.63. The van der Waals surface area contributed by atoms with Crippen molar-refractivity contribution in [3.63, 3.8) is 0 Å². The fourth-order valence-corrected chi connectivity index (χ4v) is 2.03. The lowest BCUT2D eigenvalue weighted by Crippen LogP contribution is -2.02. The second kappa shape index (κ2) is 4.89. The highest BCUT2D eigenvalue weighted by Gasteiger charge is 2.07. The van der Waals surface area contributed by atoms with Gasteiger partial charge in [-0.3, -0.25) is 0 Å². The van der Waals surface area contributed by atoms with E-state index in [0.29, 0.717) is 27.6 Å². The van der Waals surface area contributed by atoms with Gasteiger partial charge in [-0.1, -0.05) is 0 Å². The molecule has 94 valence electrons. The van der Waals surface area contributed by atoms with E-state index in [4.69, 9.17) is 5.73 Å². The van der Waals surface area contributed by atoms with Gasteiger partial charge in [-0.05, 0) is 47.5 Å². The predicted molar refractivity (Wildman–Crippen MR) is 73.3 cm³/mol. The molecule has 1 aromatic heterocycles. The van der Waals surface area contributed by atoms with Crippen molar-refractivity contribution in [2.24, 2.45) is 0 Å². The Morgan fingerprint density at radius 3 is 2.61 bits per heavy atom. The smallest absolute Gasteiger partial charge is 0.139 e. The first kappa shape index (κ1) is 12.8. The molecule has 0 radical (unpaired) electrons. The highest BCUT2D eigenvalue weighted by molar-refractivity contribution is 9.10. The third-order valence-electron chi connectivity index (χ3n) is 2.39. The first-order valence-corrected chi connectivity index (χ1v) is 6.09. The van der Waals surface area contributed by atoms with Crippen LogP contribution >= 0.6 is 15.9 Å². The van der Waals surface area contributed by atoms with Crippen LogP contribution in [0.15, 0.2) is 22.7 Å². The quantitative estimate of drug-likeness (QED) is 0.893. The Balaban J connectivity index is 2.36. The number of hydrogen-bond donors (Lipinski definition) is 2. The van der Waals surface area contributed by atoms with E-state index in [-0.39, 0.29) is 5.82 Å². The highest BCUT2D eigenvalue weighted by atomic mass is 79.9. The first-order valence-electron chi connectivity index (χ1n) is 5.29. The summed E-state index contributed by atoms with van der Waals surface area (Å²) >= 11 is 3.14. The minimum Gasteiger partial charge on any atom is -0.384 e. The summed E-state index contributed by atoms with van der Waals surface area (Å²) in [5.74, 6) is 1.15. The number of aromatic nitrogens is 2. The normalized spacial score (nSPS) is 10.4. The van der Waals surface area contributed by atoms with Crippen LogP contribution in [-0.4, -0.2) is 9.97 Å². The van der Waals surface area contributed by atoms with Gasteiger partial charge in [0.05, 0.1) is 4.47 Å². The van der Waals surface area contributed by atoms with Crippen LogP contribution in [0, 0.1) is 19.7 Å². The van der Waals surface area contributed by atoms with Gasteiger partial charge in [0.15, 0.2) is 0 Å². The Morgan fingerprint density at radius 1 is 1.22 bits per heavy atom. The molecule has 3 N–H and O–H groups in total. The molecule has 0 aliphatic carbocycles. The third kappa shape index (κ3) is 2.76. The molecule has 4 nitrogen and oxygen atoms in total. The van der Waals surface area contributed by atoms with Gasteiger partial charge >= 0.3 is 0 Å². The van der Waals surface area contributed by atoms with Crippen molar-refractivity contribution in [2.45, 2.75) is 13.8 Å². The van der Waals surface area contributed by atoms with Crippen LogP contribution in [0.1, 0.15) is 11.4 Å². The number of nitrogens with zero attached hydrogens (tertiary/aromatic N) is 2. The number of rotatable bonds is 2. The van der Waals surface area contributed by atoms with Crippen LogP contribution in [0.3, 0.4) is 0 Å². The number of aryl methyl sites for hydroxylation is 2. The maximum atomic E-state index is 13.5. The van der Waals surface area contributed by atoms with Crippen molar-refractivity contribution >= 4 is 33.3 Å². The van der Waals surface area contributed by atoms with Crippen LogP contribution < -0.4 is 11.1 Å². The standard InChI is InChI=1S/C12H12BrFN4/c1-6-3-8(13)9(14)4-10(6)18-12-5-11(15)16-7(2)17-12/h3-5H,1-2H3,(H3,15,16,17,18). The Kier molecular flexibility index (Phi) is 3.47. The van der Waals surface area contributed by atoms with Crippen LogP contribution in [0.25, 0.3) is 0 Å². The fourth-order valence-electron chi connectivity index (χ4n) is 1.57. The molecule has 1 aromatic carbocycles. The predicted octanol–water partition coefficient (Wildman–Crippen LogP) is 3.32. The lowest BCUT2D eigenvalue weighted by Gasteiger charge is -2.10. The average Bonchev–Trinajstić information content (AvgIpc) is 2.24. The lowest BCUT2D eigenvalue weighted by molar-refractivity contribution is 0.621. The summed E-state index contributed by atoms with van der Waals surface area (Å²) in [6, 6.07) is 4.72. The number of nitrogens with one attached hydrogen (secondary N) is 1. The van der Waals surface area contributed by atoms with Crippen molar-refractivity contribution in [3.8, 4) is 0 Å². The van der Waals surface area contributed by atoms with Crippen LogP contribution in [-0.2, 0) is 0 Å². The molecule has 0 fully saturated rings. The largest absolute Gasteiger partial charge is 0.384 e. The molecule has 6 heteroatoms. The Labute approximate surface area is 113 Å². The number of halogens is 2. The van der Waals surface area contributed by atoms with Gasteiger partial charge in [-0.25, -0.2) is 14.4 Å². The van der Waals surface area contributed by atoms with E-state index in [2.05, 4.69) is 31.2 Å². The minimum absolute atomic E-state index is 0.332. The Bertz CT molecular complexity index is 581. The summed E-state index contributed by atoms with van der Waals surface area (Å²) in [6.07, 6.45) is 0. The molecule has 1 heterocycles. The maximum Gasteiger partial charge on any atom is 0.139 e. The second-order valence-corrected chi connectivity index (χ2v) is 4.79. The van der Waals surface area contributed by atoms with E-state index in [9.17, 15) is 4.39 Å². The van der Waals surface area contributed by atoms with E-state index in [1.54, 1.807) is 19.1 Å². The molecule has 0 unspecified atom stereocenters. The maximum absolute atomic E-state index is 13.5. The molecule has 0 aliphatic rings. The molecule has 0 bridgehead atoms. The molecular weight excluding hydrogens is 299 g/mol. The monoisotopic (exact) mass is 310 g/mol. The summed E-state index contributed by atoms with van der Waals surface area (Å²) < 4.78 is 13.9. The second-order valence-electron chi connectivity index (χ2n) is 3.93. The summed E-state index contributed by atoms with van der Waals surface area (Å²) in [5, 5.41) is 3.03. The third-order valence-corrected chi connectivity index (χ3v) is 3.00. The number of benzene rings is 1. The molecule has 0 saturated heterocycles. The van der Waals surface area contributed by atoms with E-state index in [1.807, 2.05) is 6.92 Å². The summed E-state index contributed by atoms with van der Waals surface area (Å²) in [5.41, 5.74) is 7.18. The van der Waals surface area contributed by atoms with Gasteiger partial charge in [0, 0.05) is 11.8 Å². The number of anilines is 3. The zero-order valence-corrected chi connectivity index (χ0v) is 11.5. The van der Waals surface area contributed by atoms with E-state index < -0.39 is 0 Å². The van der Waals surface area contributed by atoms with E-state index in [1.165, 1.54) is 6.07 Å². The molecule has 18 heavy (non-hydrogen) atoms. The van der Waals surface area contributed by atoms with Crippen molar-refractivity contribution in [1.29, 1.82) is 0 Å². The van der Waals surface area contributed by atoms with Crippen LogP contribution in [0.4, 0.5) is 21.7 Å². The Morgan fingerprint density at radius 2 is 1.94 bits per heavy atom. The average molecular weight is 311 g/mol. The number of nitrogens with two attached hydrogens (primary N) is 1. The fraction of sp³-hybridized carbons (Fsp3) is 0.167.